The van der Waals surface area contributed by atoms with Crippen LogP contribution in [0, 0.1) is 5.82 Å². The maximum Gasteiger partial charge on any atom is 0.303 e. The minimum absolute atomic E-state index is 0.0744. The van der Waals surface area contributed by atoms with Crippen LogP contribution in [0.15, 0.2) is 66.9 Å². The summed E-state index contributed by atoms with van der Waals surface area (Å²) >= 11 is 0. The van der Waals surface area contributed by atoms with Gasteiger partial charge in [0.25, 0.3) is 0 Å². The second kappa shape index (κ2) is 8.78. The summed E-state index contributed by atoms with van der Waals surface area (Å²) in [4.78, 5) is 10.9. The molecule has 4 aromatic rings. The second-order valence-electron chi connectivity index (χ2n) is 7.12. The number of ether oxygens (including phenoxy) is 1. The van der Waals surface area contributed by atoms with Crippen LogP contribution in [0.2, 0.25) is 0 Å². The summed E-state index contributed by atoms with van der Waals surface area (Å²) < 4.78 is 19.1. The normalized spacial score (nSPS) is 11.0. The minimum Gasteiger partial charge on any atom is -0.493 e. The molecule has 0 atom stereocenters. The molecule has 0 saturated heterocycles. The molecule has 2 N–H and O–H groups in total. The standard InChI is InChI=1S/C24H21FN2O3/c25-20-6-1-16(2-7-20)11-12-30-23-9-3-17(4-10-24(28)29)13-21(23)18-5-8-22-19(14-18)15-26-27-22/h1-3,5-9,13-15H,4,10-12H2,(H,26,27)(H,28,29). The number of carboxylic acids is 1. The molecule has 6 heteroatoms. The van der Waals surface area contributed by atoms with Crippen LogP contribution in [0.25, 0.3) is 22.0 Å². The number of fused-ring (bicyclic) bond motifs is 1. The highest BCUT2D eigenvalue weighted by molar-refractivity contribution is 5.85. The third kappa shape index (κ3) is 4.66. The van der Waals surface area contributed by atoms with Crippen molar-refractivity contribution in [1.29, 1.82) is 0 Å². The first-order valence-corrected chi connectivity index (χ1v) is 9.74. The van der Waals surface area contributed by atoms with E-state index >= 15 is 0 Å². The number of halogens is 1. The van der Waals surface area contributed by atoms with E-state index in [4.69, 9.17) is 9.84 Å². The maximum absolute atomic E-state index is 13.1. The van der Waals surface area contributed by atoms with E-state index < -0.39 is 5.97 Å². The molecule has 0 fully saturated rings. The average Bonchev–Trinajstić information content (AvgIpc) is 3.22. The Hall–Kier alpha value is -3.67. The maximum atomic E-state index is 13.1. The zero-order valence-corrected chi connectivity index (χ0v) is 16.3. The third-order valence-electron chi connectivity index (χ3n) is 4.98. The zero-order chi connectivity index (χ0) is 20.9. The minimum atomic E-state index is -0.823. The third-order valence-corrected chi connectivity index (χ3v) is 4.98. The number of nitrogens with one attached hydrogen (secondary N) is 1. The summed E-state index contributed by atoms with van der Waals surface area (Å²) in [6.45, 7) is 0.445. The Morgan fingerprint density at radius 1 is 1.00 bits per heavy atom. The first-order chi connectivity index (χ1) is 14.6. The summed E-state index contributed by atoms with van der Waals surface area (Å²) in [7, 11) is 0. The van der Waals surface area contributed by atoms with Gasteiger partial charge in [0.2, 0.25) is 0 Å². The lowest BCUT2D eigenvalue weighted by Crippen LogP contribution is -2.03. The largest absolute Gasteiger partial charge is 0.493 e. The number of aromatic nitrogens is 2. The van der Waals surface area contributed by atoms with E-state index in [9.17, 15) is 9.18 Å². The number of aromatic amines is 1. The zero-order valence-electron chi connectivity index (χ0n) is 16.3. The number of aliphatic carboxylic acids is 1. The van der Waals surface area contributed by atoms with Crippen LogP contribution < -0.4 is 4.74 Å². The van der Waals surface area contributed by atoms with E-state index in [-0.39, 0.29) is 12.2 Å². The van der Waals surface area contributed by atoms with Crippen molar-refractivity contribution in [2.75, 3.05) is 6.61 Å². The molecule has 0 spiro atoms. The van der Waals surface area contributed by atoms with Gasteiger partial charge in [-0.2, -0.15) is 5.10 Å². The molecular formula is C24H21FN2O3. The number of aryl methyl sites for hydroxylation is 1. The Balaban J connectivity index is 1.59. The van der Waals surface area contributed by atoms with Gasteiger partial charge in [0.05, 0.1) is 18.3 Å². The SMILES string of the molecule is O=C(O)CCc1ccc(OCCc2ccc(F)cc2)c(-c2ccc3[nH]ncc3c2)c1. The quantitative estimate of drug-likeness (QED) is 0.433. The van der Waals surface area contributed by atoms with Crippen molar-refractivity contribution >= 4 is 16.9 Å². The number of nitrogens with zero attached hydrogens (tertiary/aromatic N) is 1. The number of benzene rings is 3. The number of hydrogen-bond donors (Lipinski definition) is 2. The summed E-state index contributed by atoms with van der Waals surface area (Å²) in [5.74, 6) is -0.358. The Bertz CT molecular complexity index is 1170. The van der Waals surface area contributed by atoms with Gasteiger partial charge >= 0.3 is 5.97 Å². The molecule has 0 aliphatic heterocycles. The molecule has 0 bridgehead atoms. The van der Waals surface area contributed by atoms with Crippen molar-refractivity contribution in [1.82, 2.24) is 10.2 Å². The number of hydrogen-bond acceptors (Lipinski definition) is 3. The van der Waals surface area contributed by atoms with Crippen molar-refractivity contribution in [3.8, 4) is 16.9 Å². The van der Waals surface area contributed by atoms with Crippen LogP contribution in [-0.2, 0) is 17.6 Å². The van der Waals surface area contributed by atoms with E-state index in [1.165, 1.54) is 12.1 Å². The van der Waals surface area contributed by atoms with Crippen molar-refractivity contribution in [2.24, 2.45) is 0 Å². The molecule has 0 radical (unpaired) electrons. The van der Waals surface area contributed by atoms with Crippen molar-refractivity contribution < 1.29 is 19.0 Å². The Morgan fingerprint density at radius 3 is 2.60 bits per heavy atom. The molecule has 4 rings (SSSR count). The topological polar surface area (TPSA) is 75.2 Å². The fourth-order valence-corrected chi connectivity index (χ4v) is 3.38. The van der Waals surface area contributed by atoms with Gasteiger partial charge in [-0.3, -0.25) is 9.89 Å². The number of carboxylic acid groups (broad SMARTS) is 1. The van der Waals surface area contributed by atoms with Crippen LogP contribution in [-0.4, -0.2) is 27.9 Å². The highest BCUT2D eigenvalue weighted by atomic mass is 19.1. The Labute approximate surface area is 173 Å². The van der Waals surface area contributed by atoms with Gasteiger partial charge in [0, 0.05) is 23.8 Å². The molecule has 0 amide bonds. The Morgan fingerprint density at radius 2 is 1.80 bits per heavy atom. The number of rotatable bonds is 8. The van der Waals surface area contributed by atoms with Gasteiger partial charge in [0.1, 0.15) is 11.6 Å². The van der Waals surface area contributed by atoms with Gasteiger partial charge in [0.15, 0.2) is 0 Å². The van der Waals surface area contributed by atoms with Crippen LogP contribution in [0.5, 0.6) is 5.75 Å². The molecule has 152 valence electrons. The van der Waals surface area contributed by atoms with Crippen LogP contribution in [0.4, 0.5) is 4.39 Å². The summed E-state index contributed by atoms with van der Waals surface area (Å²) in [6, 6.07) is 18.1. The predicted molar refractivity (Wildman–Crippen MR) is 113 cm³/mol. The molecule has 0 unspecified atom stereocenters. The average molecular weight is 404 g/mol. The Kier molecular flexibility index (Phi) is 5.75. The molecule has 0 aliphatic rings. The smallest absolute Gasteiger partial charge is 0.303 e. The van der Waals surface area contributed by atoms with E-state index in [1.54, 1.807) is 18.3 Å². The van der Waals surface area contributed by atoms with E-state index in [0.29, 0.717) is 19.4 Å². The van der Waals surface area contributed by atoms with Crippen molar-refractivity contribution in [2.45, 2.75) is 19.3 Å². The molecular weight excluding hydrogens is 383 g/mol. The lowest BCUT2D eigenvalue weighted by atomic mass is 9.99. The van der Waals surface area contributed by atoms with E-state index in [0.717, 1.165) is 38.9 Å². The molecule has 5 nitrogen and oxygen atoms in total. The van der Waals surface area contributed by atoms with Crippen LogP contribution in [0.3, 0.4) is 0 Å². The molecule has 1 heterocycles. The molecule has 0 aliphatic carbocycles. The van der Waals surface area contributed by atoms with Gasteiger partial charge < -0.3 is 9.84 Å². The number of H-pyrrole nitrogens is 1. The lowest BCUT2D eigenvalue weighted by molar-refractivity contribution is -0.136. The molecule has 30 heavy (non-hydrogen) atoms. The van der Waals surface area contributed by atoms with Gasteiger partial charge in [-0.1, -0.05) is 24.3 Å². The molecule has 0 saturated carbocycles. The lowest BCUT2D eigenvalue weighted by Gasteiger charge is -2.14. The first-order valence-electron chi connectivity index (χ1n) is 9.74. The van der Waals surface area contributed by atoms with E-state index in [2.05, 4.69) is 10.2 Å². The van der Waals surface area contributed by atoms with E-state index in [1.807, 2.05) is 36.4 Å². The van der Waals surface area contributed by atoms with Gasteiger partial charge in [-0.25, -0.2) is 4.39 Å². The fraction of sp³-hybridized carbons (Fsp3) is 0.167. The monoisotopic (exact) mass is 404 g/mol. The van der Waals surface area contributed by atoms with Crippen molar-refractivity contribution in [3.63, 3.8) is 0 Å². The van der Waals surface area contributed by atoms with Crippen LogP contribution >= 0.6 is 0 Å². The van der Waals surface area contributed by atoms with Gasteiger partial charge in [-0.05, 0) is 59.5 Å². The molecule has 1 aromatic heterocycles. The molecule has 3 aromatic carbocycles. The summed E-state index contributed by atoms with van der Waals surface area (Å²) in [5.41, 5.74) is 4.75. The van der Waals surface area contributed by atoms with Crippen molar-refractivity contribution in [3.05, 3.63) is 83.8 Å². The second-order valence-corrected chi connectivity index (χ2v) is 7.12. The summed E-state index contributed by atoms with van der Waals surface area (Å²) in [5, 5.41) is 17.0. The van der Waals surface area contributed by atoms with Gasteiger partial charge in [-0.15, -0.1) is 0 Å². The highest BCUT2D eigenvalue weighted by Gasteiger charge is 2.11. The highest BCUT2D eigenvalue weighted by Crippen LogP contribution is 2.33. The summed E-state index contributed by atoms with van der Waals surface area (Å²) in [6.07, 6.45) is 2.94. The first kappa shape index (κ1) is 19.6. The number of carbonyl (C=O) groups is 1. The predicted octanol–water partition coefficient (Wildman–Crippen LogP) is 5.01. The fourth-order valence-electron chi connectivity index (χ4n) is 3.38. The van der Waals surface area contributed by atoms with Crippen LogP contribution in [0.1, 0.15) is 17.5 Å².